The van der Waals surface area contributed by atoms with Crippen LogP contribution in [0, 0.1) is 0 Å². The molecule has 0 spiro atoms. The van der Waals surface area contributed by atoms with Gasteiger partial charge in [0.25, 0.3) is 0 Å². The number of aryl methyl sites for hydroxylation is 4. The number of hydrogen-bond acceptors (Lipinski definition) is 0. The molecule has 0 aromatic heterocycles. The minimum atomic E-state index is 0. The van der Waals surface area contributed by atoms with Crippen LogP contribution >= 0.6 is 0 Å². The summed E-state index contributed by atoms with van der Waals surface area (Å²) in [4.78, 5) is 0. The molecule has 0 heterocycles. The normalized spacial score (nSPS) is 10.6. The molecule has 0 fully saturated rings. The van der Waals surface area contributed by atoms with Gasteiger partial charge in [-0.25, -0.2) is 0 Å². The van der Waals surface area contributed by atoms with Crippen LogP contribution in [0.4, 0.5) is 0 Å². The Hall–Kier alpha value is -2.80. The van der Waals surface area contributed by atoms with Gasteiger partial charge in [-0.15, -0.1) is 69.1 Å². The van der Waals surface area contributed by atoms with Gasteiger partial charge in [-0.3, -0.25) is 0 Å². The van der Waals surface area contributed by atoms with Crippen LogP contribution in [-0.2, 0) is 51.9 Å². The third-order valence-electron chi connectivity index (χ3n) is 8.91. The monoisotopic (exact) mass is 726 g/mol. The van der Waals surface area contributed by atoms with E-state index in [0.29, 0.717) is 0 Å². The van der Waals surface area contributed by atoms with Crippen LogP contribution in [-0.4, -0.2) is 9.52 Å². The molecule has 0 saturated carbocycles. The number of rotatable bonds is 12. The molecule has 0 nitrogen and oxygen atoms in total. The predicted octanol–water partition coefficient (Wildman–Crippen LogP) is 13.8. The average molecular weight is 728 g/mol. The van der Waals surface area contributed by atoms with E-state index in [1.165, 1.54) is 130 Å². The molecule has 6 aromatic rings. The molecule has 0 bridgehead atoms. The molecule has 48 heavy (non-hydrogen) atoms. The second kappa shape index (κ2) is 21.3. The van der Waals surface area contributed by atoms with Crippen LogP contribution in [0.5, 0.6) is 0 Å². The first kappa shape index (κ1) is 39.6. The summed E-state index contributed by atoms with van der Waals surface area (Å²) in [6.45, 7) is 13.3. The van der Waals surface area contributed by atoms with Crippen molar-refractivity contribution in [2.45, 2.75) is 105 Å². The van der Waals surface area contributed by atoms with E-state index in [-0.39, 0.29) is 26.2 Å². The third-order valence-corrected chi connectivity index (χ3v) is 8.91. The van der Waals surface area contributed by atoms with Crippen LogP contribution in [0.3, 0.4) is 0 Å². The first-order valence-corrected chi connectivity index (χ1v) is 20.2. The van der Waals surface area contributed by atoms with E-state index < -0.39 is 0 Å². The Bertz CT molecular complexity index is 1650. The average Bonchev–Trinajstić information content (AvgIpc) is 3.71. The molecule has 248 valence electrons. The number of hydrogen-bond donors (Lipinski definition) is 0. The number of benzene rings is 4. The Morgan fingerprint density at radius 2 is 0.833 bits per heavy atom. The van der Waals surface area contributed by atoms with Crippen molar-refractivity contribution in [1.82, 2.24) is 0 Å². The maximum Gasteiger partial charge on any atom is 2.00 e. The van der Waals surface area contributed by atoms with Gasteiger partial charge in [-0.1, -0.05) is 138 Å². The molecular formula is C46H56SiZr. The van der Waals surface area contributed by atoms with E-state index in [1.54, 1.807) is 0 Å². The van der Waals surface area contributed by atoms with Gasteiger partial charge >= 0.3 is 26.2 Å². The fraction of sp³-hybridized carbons (Fsp3) is 0.348. The van der Waals surface area contributed by atoms with Gasteiger partial charge in [-0.2, -0.15) is 12.1 Å². The van der Waals surface area contributed by atoms with E-state index in [9.17, 15) is 0 Å². The minimum Gasteiger partial charge on any atom is -0.164 e. The van der Waals surface area contributed by atoms with Crippen molar-refractivity contribution in [3.05, 3.63) is 131 Å². The van der Waals surface area contributed by atoms with E-state index in [1.807, 2.05) is 0 Å². The van der Waals surface area contributed by atoms with Crippen molar-refractivity contribution < 1.29 is 26.2 Å². The summed E-state index contributed by atoms with van der Waals surface area (Å²) in [5.74, 6) is 0. The molecular weight excluding hydrogens is 672 g/mol. The maximum absolute atomic E-state index is 2.39. The maximum atomic E-state index is 2.39. The van der Waals surface area contributed by atoms with Crippen LogP contribution in [0.15, 0.2) is 109 Å². The molecule has 2 heteroatoms. The van der Waals surface area contributed by atoms with E-state index in [0.717, 1.165) is 9.52 Å². The van der Waals surface area contributed by atoms with Crippen molar-refractivity contribution in [2.24, 2.45) is 0 Å². The fourth-order valence-corrected chi connectivity index (χ4v) is 6.67. The van der Waals surface area contributed by atoms with Crippen molar-refractivity contribution in [1.29, 1.82) is 0 Å². The quantitative estimate of drug-likeness (QED) is 0.0870. The third kappa shape index (κ3) is 10.6. The molecule has 2 radical (unpaired) electrons. The fourth-order valence-electron chi connectivity index (χ4n) is 6.67. The zero-order chi connectivity index (χ0) is 33.4. The van der Waals surface area contributed by atoms with Gasteiger partial charge in [0, 0.05) is 9.52 Å². The molecule has 6 rings (SSSR count). The van der Waals surface area contributed by atoms with Crippen LogP contribution < -0.4 is 0 Å². The first-order valence-electron chi connectivity index (χ1n) is 18.2. The van der Waals surface area contributed by atoms with Crippen molar-refractivity contribution in [2.75, 3.05) is 0 Å². The molecule has 0 atom stereocenters. The molecule has 0 saturated heterocycles. The zero-order valence-corrected chi connectivity index (χ0v) is 33.9. The van der Waals surface area contributed by atoms with E-state index >= 15 is 0 Å². The Morgan fingerprint density at radius 3 is 1.21 bits per heavy atom. The Balaban J connectivity index is 0.000000236. The second-order valence-corrected chi connectivity index (χ2v) is 13.9. The predicted molar refractivity (Wildman–Crippen MR) is 213 cm³/mol. The van der Waals surface area contributed by atoms with Gasteiger partial charge in [-0.05, 0) is 60.8 Å². The summed E-state index contributed by atoms with van der Waals surface area (Å²) < 4.78 is 0. The van der Waals surface area contributed by atoms with E-state index in [2.05, 4.69) is 150 Å². The molecule has 0 amide bonds. The summed E-state index contributed by atoms with van der Waals surface area (Å²) in [5, 5.41) is 5.59. The van der Waals surface area contributed by atoms with Gasteiger partial charge in [0.15, 0.2) is 0 Å². The Morgan fingerprint density at radius 1 is 0.458 bits per heavy atom. The van der Waals surface area contributed by atoms with E-state index in [4.69, 9.17) is 0 Å². The summed E-state index contributed by atoms with van der Waals surface area (Å²) >= 11 is 0. The summed E-state index contributed by atoms with van der Waals surface area (Å²) in [7, 11) is 1.08. The Kier molecular flexibility index (Phi) is 17.6. The second-order valence-electron chi connectivity index (χ2n) is 12.9. The minimum absolute atomic E-state index is 0. The van der Waals surface area contributed by atoms with Crippen molar-refractivity contribution in [3.8, 4) is 22.3 Å². The number of fused-ring (bicyclic) bond motifs is 2. The Labute approximate surface area is 314 Å². The van der Waals surface area contributed by atoms with Gasteiger partial charge < -0.3 is 0 Å². The first-order chi connectivity index (χ1) is 23.1. The molecule has 0 unspecified atom stereocenters. The molecule has 6 aromatic carbocycles. The largest absolute Gasteiger partial charge is 2.00 e. The molecule has 0 aliphatic carbocycles. The van der Waals surface area contributed by atoms with Crippen molar-refractivity contribution >= 4 is 31.1 Å². The molecule has 0 aliphatic heterocycles. The zero-order valence-electron chi connectivity index (χ0n) is 30.5. The van der Waals surface area contributed by atoms with Crippen LogP contribution in [0.1, 0.15) is 88.5 Å². The summed E-state index contributed by atoms with van der Waals surface area (Å²) in [6.07, 6.45) is 12.1. The molecule has 0 N–H and O–H groups in total. The van der Waals surface area contributed by atoms with Gasteiger partial charge in [0.2, 0.25) is 0 Å². The van der Waals surface area contributed by atoms with Crippen LogP contribution in [0.25, 0.3) is 43.8 Å². The van der Waals surface area contributed by atoms with Gasteiger partial charge in [0.1, 0.15) is 0 Å². The SMILES string of the molecule is CCCCc1ccccc1-c1cccc2[cH-]c(CCC)cc12.CCCCc1ccccc1-c1cccc2[cH-]c(CCC)cc12.C[Si]C.[Zr+2]. The standard InChI is InChI=1S/2C22H25.C2H6Si.Zr/c2*1-3-5-10-18-11-6-7-13-20(18)21-14-8-12-19-15-17(9-4-2)16-22(19)21;1-3-2;/h2*6-8,11-16H,3-5,9-10H2,1-2H3;1-2H3;/q2*-1;;+2. The van der Waals surface area contributed by atoms with Crippen LogP contribution in [0.2, 0.25) is 13.1 Å². The summed E-state index contributed by atoms with van der Waals surface area (Å²) in [5.41, 5.74) is 11.5. The molecule has 0 aliphatic rings. The van der Waals surface area contributed by atoms with Gasteiger partial charge in [0.05, 0.1) is 0 Å². The number of unbranched alkanes of at least 4 members (excludes halogenated alkanes) is 2. The van der Waals surface area contributed by atoms with Crippen molar-refractivity contribution in [3.63, 3.8) is 0 Å². The summed E-state index contributed by atoms with van der Waals surface area (Å²) in [6, 6.07) is 40.8. The topological polar surface area (TPSA) is 0 Å². The smallest absolute Gasteiger partial charge is 0.164 e.